The topological polar surface area (TPSA) is 40.5 Å². The Morgan fingerprint density at radius 3 is 2.25 bits per heavy atom. The van der Waals surface area contributed by atoms with E-state index >= 15 is 0 Å². The molecule has 0 bridgehead atoms. The van der Waals surface area contributed by atoms with Gasteiger partial charge in [-0.1, -0.05) is 25.4 Å². The van der Waals surface area contributed by atoms with Crippen LogP contribution in [0.3, 0.4) is 0 Å². The van der Waals surface area contributed by atoms with Gasteiger partial charge in [0.05, 0.1) is 0 Å². The normalized spacial score (nSPS) is 10.7. The minimum absolute atomic E-state index is 0.101. The molecule has 0 aliphatic carbocycles. The number of aromatic hydroxyl groups is 2. The zero-order chi connectivity index (χ0) is 9.30. The zero-order valence-electron chi connectivity index (χ0n) is 7.00. The van der Waals surface area contributed by atoms with E-state index in [4.69, 9.17) is 16.7 Å². The lowest BCUT2D eigenvalue weighted by atomic mass is 10.0. The first-order valence-electron chi connectivity index (χ1n) is 3.74. The maximum atomic E-state index is 9.41. The summed E-state index contributed by atoms with van der Waals surface area (Å²) >= 11 is 5.83. The van der Waals surface area contributed by atoms with E-state index in [0.29, 0.717) is 10.6 Å². The average Bonchev–Trinajstić information content (AvgIpc) is 1.97. The standard InChI is InChI=1S/C9H11ClO2/c1-5(2)8-6(10)3-4-7(11)9(8)12/h3-5,11-12H,1-2H3. The lowest BCUT2D eigenvalue weighted by molar-refractivity contribution is 0.397. The predicted octanol–water partition coefficient (Wildman–Crippen LogP) is 2.87. The monoisotopic (exact) mass is 186 g/mol. The van der Waals surface area contributed by atoms with Crippen LogP contribution in [-0.4, -0.2) is 10.2 Å². The van der Waals surface area contributed by atoms with Gasteiger partial charge in [-0.3, -0.25) is 0 Å². The second kappa shape index (κ2) is 3.23. The molecule has 1 aromatic carbocycles. The molecule has 0 fully saturated rings. The molecule has 1 aromatic rings. The molecule has 2 N–H and O–H groups in total. The third-order valence-corrected chi connectivity index (χ3v) is 2.05. The number of rotatable bonds is 1. The van der Waals surface area contributed by atoms with Gasteiger partial charge in [0.2, 0.25) is 0 Å². The van der Waals surface area contributed by atoms with Gasteiger partial charge >= 0.3 is 0 Å². The summed E-state index contributed by atoms with van der Waals surface area (Å²) in [6, 6.07) is 2.95. The van der Waals surface area contributed by atoms with E-state index in [-0.39, 0.29) is 17.4 Å². The third-order valence-electron chi connectivity index (χ3n) is 1.72. The van der Waals surface area contributed by atoms with E-state index in [0.717, 1.165) is 0 Å². The van der Waals surface area contributed by atoms with Crippen LogP contribution in [0.2, 0.25) is 5.02 Å². The molecule has 0 radical (unpaired) electrons. The SMILES string of the molecule is CC(C)c1c(Cl)ccc(O)c1O. The maximum Gasteiger partial charge on any atom is 0.162 e. The average molecular weight is 187 g/mol. The summed E-state index contributed by atoms with van der Waals surface area (Å²) in [6.45, 7) is 3.81. The highest BCUT2D eigenvalue weighted by Gasteiger charge is 2.13. The van der Waals surface area contributed by atoms with Crippen molar-refractivity contribution in [2.45, 2.75) is 19.8 Å². The molecule has 0 heterocycles. The molecular formula is C9H11ClO2. The molecule has 0 unspecified atom stereocenters. The highest BCUT2D eigenvalue weighted by atomic mass is 35.5. The van der Waals surface area contributed by atoms with Gasteiger partial charge in [-0.2, -0.15) is 0 Å². The first kappa shape index (κ1) is 9.20. The van der Waals surface area contributed by atoms with Crippen molar-refractivity contribution in [3.8, 4) is 11.5 Å². The van der Waals surface area contributed by atoms with Crippen molar-refractivity contribution in [3.63, 3.8) is 0 Å². The molecule has 0 aliphatic rings. The summed E-state index contributed by atoms with van der Waals surface area (Å²) in [6.07, 6.45) is 0. The van der Waals surface area contributed by atoms with E-state index in [1.165, 1.54) is 6.07 Å². The molecular weight excluding hydrogens is 176 g/mol. The molecule has 2 nitrogen and oxygen atoms in total. The van der Waals surface area contributed by atoms with Crippen LogP contribution >= 0.6 is 11.6 Å². The number of halogens is 1. The van der Waals surface area contributed by atoms with Gasteiger partial charge < -0.3 is 10.2 Å². The van der Waals surface area contributed by atoms with Crippen molar-refractivity contribution < 1.29 is 10.2 Å². The van der Waals surface area contributed by atoms with Crippen molar-refractivity contribution in [3.05, 3.63) is 22.7 Å². The fraction of sp³-hybridized carbons (Fsp3) is 0.333. The van der Waals surface area contributed by atoms with Crippen molar-refractivity contribution >= 4 is 11.6 Å². The number of phenolic OH excluding ortho intramolecular Hbond substituents is 2. The molecule has 0 spiro atoms. The van der Waals surface area contributed by atoms with Crippen LogP contribution < -0.4 is 0 Å². The van der Waals surface area contributed by atoms with Crippen molar-refractivity contribution in [2.75, 3.05) is 0 Å². The summed E-state index contributed by atoms with van der Waals surface area (Å²) in [5, 5.41) is 19.1. The molecule has 3 heteroatoms. The Labute approximate surface area is 76.4 Å². The van der Waals surface area contributed by atoms with E-state index < -0.39 is 0 Å². The van der Waals surface area contributed by atoms with Gasteiger partial charge in [-0.05, 0) is 18.1 Å². The summed E-state index contributed by atoms with van der Waals surface area (Å²) in [5.41, 5.74) is 0.594. The fourth-order valence-corrected chi connectivity index (χ4v) is 1.49. The smallest absolute Gasteiger partial charge is 0.162 e. The van der Waals surface area contributed by atoms with Crippen molar-refractivity contribution in [1.82, 2.24) is 0 Å². The summed E-state index contributed by atoms with van der Waals surface area (Å²) in [4.78, 5) is 0. The number of hydrogen-bond acceptors (Lipinski definition) is 2. The van der Waals surface area contributed by atoms with E-state index in [1.807, 2.05) is 13.8 Å². The Morgan fingerprint density at radius 1 is 1.25 bits per heavy atom. The summed E-state index contributed by atoms with van der Waals surface area (Å²) in [5.74, 6) is -0.134. The van der Waals surface area contributed by atoms with Crippen molar-refractivity contribution in [2.24, 2.45) is 0 Å². The Hall–Kier alpha value is -0.890. The lowest BCUT2D eigenvalue weighted by Gasteiger charge is -2.10. The third kappa shape index (κ3) is 1.48. The van der Waals surface area contributed by atoms with Crippen LogP contribution in [0.1, 0.15) is 25.3 Å². The zero-order valence-corrected chi connectivity index (χ0v) is 7.76. The van der Waals surface area contributed by atoms with Crippen LogP contribution in [0.4, 0.5) is 0 Å². The maximum absolute atomic E-state index is 9.41. The number of phenols is 2. The molecule has 12 heavy (non-hydrogen) atoms. The highest BCUT2D eigenvalue weighted by Crippen LogP contribution is 2.38. The van der Waals surface area contributed by atoms with E-state index in [1.54, 1.807) is 6.07 Å². The highest BCUT2D eigenvalue weighted by molar-refractivity contribution is 6.31. The Balaban J connectivity index is 3.33. The van der Waals surface area contributed by atoms with Gasteiger partial charge in [-0.25, -0.2) is 0 Å². The first-order valence-corrected chi connectivity index (χ1v) is 4.12. The minimum atomic E-state index is -0.122. The van der Waals surface area contributed by atoms with Crippen LogP contribution in [0.15, 0.2) is 12.1 Å². The molecule has 0 saturated heterocycles. The Kier molecular flexibility index (Phi) is 2.48. The van der Waals surface area contributed by atoms with Gasteiger partial charge in [0.1, 0.15) is 0 Å². The molecule has 0 atom stereocenters. The van der Waals surface area contributed by atoms with Crippen LogP contribution in [-0.2, 0) is 0 Å². The molecule has 1 rings (SSSR count). The van der Waals surface area contributed by atoms with Crippen LogP contribution in [0.25, 0.3) is 0 Å². The first-order chi connectivity index (χ1) is 5.54. The van der Waals surface area contributed by atoms with Gasteiger partial charge in [0, 0.05) is 10.6 Å². The van der Waals surface area contributed by atoms with Gasteiger partial charge in [0.15, 0.2) is 11.5 Å². The lowest BCUT2D eigenvalue weighted by Crippen LogP contribution is -1.89. The summed E-state index contributed by atoms with van der Waals surface area (Å²) < 4.78 is 0. The van der Waals surface area contributed by atoms with Gasteiger partial charge in [-0.15, -0.1) is 0 Å². The van der Waals surface area contributed by atoms with E-state index in [9.17, 15) is 5.11 Å². The molecule has 0 saturated carbocycles. The quantitative estimate of drug-likeness (QED) is 0.663. The van der Waals surface area contributed by atoms with Crippen LogP contribution in [0, 0.1) is 0 Å². The molecule has 0 aromatic heterocycles. The van der Waals surface area contributed by atoms with Gasteiger partial charge in [0.25, 0.3) is 0 Å². The Bertz CT molecular complexity index is 295. The molecule has 0 amide bonds. The molecule has 66 valence electrons. The largest absolute Gasteiger partial charge is 0.504 e. The fourth-order valence-electron chi connectivity index (χ4n) is 1.12. The minimum Gasteiger partial charge on any atom is -0.504 e. The second-order valence-corrected chi connectivity index (χ2v) is 3.39. The number of benzene rings is 1. The molecule has 0 aliphatic heterocycles. The van der Waals surface area contributed by atoms with Crippen LogP contribution in [0.5, 0.6) is 11.5 Å². The Morgan fingerprint density at radius 2 is 1.83 bits per heavy atom. The second-order valence-electron chi connectivity index (χ2n) is 2.98. The van der Waals surface area contributed by atoms with E-state index in [2.05, 4.69) is 0 Å². The van der Waals surface area contributed by atoms with Crippen molar-refractivity contribution in [1.29, 1.82) is 0 Å². The predicted molar refractivity (Wildman–Crippen MR) is 48.9 cm³/mol. The number of hydrogen-bond donors (Lipinski definition) is 2. The summed E-state index contributed by atoms with van der Waals surface area (Å²) in [7, 11) is 0.